The topological polar surface area (TPSA) is 15.3 Å². The number of nitrogens with zero attached hydrogens (tertiary/aromatic N) is 1. The van der Waals surface area contributed by atoms with Gasteiger partial charge in [-0.3, -0.25) is 0 Å². The van der Waals surface area contributed by atoms with E-state index in [-0.39, 0.29) is 6.54 Å². The minimum Gasteiger partial charge on any atom is -0.369 e. The van der Waals surface area contributed by atoms with Crippen molar-refractivity contribution in [2.75, 3.05) is 25.0 Å². The molecule has 0 aliphatic heterocycles. The standard InChI is InChI=1S/C13H19ClF2N2/c1-3-7-17-8-10-11(14)5-4-6-12(10)18(2)9-13(15)16/h4-6,13,17H,3,7-9H2,1-2H3. The van der Waals surface area contributed by atoms with Crippen LogP contribution in [0.2, 0.25) is 5.02 Å². The maximum Gasteiger partial charge on any atom is 0.255 e. The van der Waals surface area contributed by atoms with Crippen molar-refractivity contribution >= 4 is 17.3 Å². The van der Waals surface area contributed by atoms with E-state index >= 15 is 0 Å². The average Bonchev–Trinajstić information content (AvgIpc) is 2.30. The fourth-order valence-corrected chi connectivity index (χ4v) is 2.01. The highest BCUT2D eigenvalue weighted by Crippen LogP contribution is 2.27. The van der Waals surface area contributed by atoms with Crippen LogP contribution >= 0.6 is 11.6 Å². The van der Waals surface area contributed by atoms with E-state index in [4.69, 9.17) is 11.6 Å². The second kappa shape index (κ2) is 7.54. The summed E-state index contributed by atoms with van der Waals surface area (Å²) in [5.74, 6) is 0. The van der Waals surface area contributed by atoms with Crippen molar-refractivity contribution in [1.82, 2.24) is 5.32 Å². The largest absolute Gasteiger partial charge is 0.369 e. The van der Waals surface area contributed by atoms with Crippen molar-refractivity contribution in [1.29, 1.82) is 0 Å². The predicted octanol–water partition coefficient (Wildman–Crippen LogP) is 3.54. The van der Waals surface area contributed by atoms with Gasteiger partial charge in [0.15, 0.2) is 0 Å². The van der Waals surface area contributed by atoms with Gasteiger partial charge in [-0.15, -0.1) is 0 Å². The van der Waals surface area contributed by atoms with Crippen LogP contribution in [0, 0.1) is 0 Å². The molecule has 18 heavy (non-hydrogen) atoms. The summed E-state index contributed by atoms with van der Waals surface area (Å²) in [7, 11) is 1.65. The fourth-order valence-electron chi connectivity index (χ4n) is 1.78. The predicted molar refractivity (Wildman–Crippen MR) is 72.7 cm³/mol. The van der Waals surface area contributed by atoms with Gasteiger partial charge in [-0.2, -0.15) is 0 Å². The average molecular weight is 277 g/mol. The highest BCUT2D eigenvalue weighted by atomic mass is 35.5. The molecule has 1 rings (SSSR count). The molecule has 0 saturated heterocycles. The number of anilines is 1. The molecule has 0 spiro atoms. The highest BCUT2D eigenvalue weighted by molar-refractivity contribution is 6.31. The fraction of sp³-hybridized carbons (Fsp3) is 0.538. The summed E-state index contributed by atoms with van der Waals surface area (Å²) in [6.07, 6.45) is -1.34. The molecule has 0 radical (unpaired) electrons. The second-order valence-electron chi connectivity index (χ2n) is 4.19. The van der Waals surface area contributed by atoms with E-state index in [2.05, 4.69) is 12.2 Å². The first-order chi connectivity index (χ1) is 8.56. The molecule has 0 saturated carbocycles. The Hall–Kier alpha value is -0.870. The third-order valence-corrected chi connectivity index (χ3v) is 3.00. The van der Waals surface area contributed by atoms with Gasteiger partial charge in [0.2, 0.25) is 0 Å². The molecule has 0 aliphatic carbocycles. The summed E-state index contributed by atoms with van der Waals surface area (Å²) in [6.45, 7) is 3.25. The lowest BCUT2D eigenvalue weighted by Crippen LogP contribution is -2.26. The van der Waals surface area contributed by atoms with Crippen LogP contribution in [0.4, 0.5) is 14.5 Å². The summed E-state index contributed by atoms with van der Waals surface area (Å²) >= 11 is 6.13. The Balaban J connectivity index is 2.85. The molecule has 1 aromatic carbocycles. The van der Waals surface area contributed by atoms with Gasteiger partial charge in [-0.1, -0.05) is 24.6 Å². The summed E-state index contributed by atoms with van der Waals surface area (Å²) in [6, 6.07) is 5.38. The zero-order chi connectivity index (χ0) is 13.5. The zero-order valence-corrected chi connectivity index (χ0v) is 11.5. The molecule has 0 atom stereocenters. The smallest absolute Gasteiger partial charge is 0.255 e. The summed E-state index contributed by atoms with van der Waals surface area (Å²) < 4.78 is 24.8. The Bertz CT molecular complexity index is 372. The van der Waals surface area contributed by atoms with Crippen molar-refractivity contribution in [2.45, 2.75) is 26.3 Å². The van der Waals surface area contributed by atoms with Crippen molar-refractivity contribution in [3.63, 3.8) is 0 Å². The molecular weight excluding hydrogens is 258 g/mol. The van der Waals surface area contributed by atoms with E-state index < -0.39 is 6.43 Å². The normalized spacial score (nSPS) is 11.0. The van der Waals surface area contributed by atoms with E-state index in [1.54, 1.807) is 24.1 Å². The maximum atomic E-state index is 12.4. The molecule has 2 nitrogen and oxygen atoms in total. The summed E-state index contributed by atoms with van der Waals surface area (Å²) in [5, 5.41) is 3.85. The monoisotopic (exact) mass is 276 g/mol. The lowest BCUT2D eigenvalue weighted by atomic mass is 10.1. The van der Waals surface area contributed by atoms with E-state index in [0.29, 0.717) is 11.6 Å². The van der Waals surface area contributed by atoms with Gasteiger partial charge in [0.1, 0.15) is 0 Å². The quantitative estimate of drug-likeness (QED) is 0.767. The Morgan fingerprint density at radius 1 is 1.39 bits per heavy atom. The number of rotatable bonds is 7. The number of benzene rings is 1. The van der Waals surface area contributed by atoms with Crippen LogP contribution in [-0.4, -0.2) is 26.6 Å². The molecule has 0 aliphatic rings. The first-order valence-corrected chi connectivity index (χ1v) is 6.41. The van der Waals surface area contributed by atoms with Gasteiger partial charge >= 0.3 is 0 Å². The van der Waals surface area contributed by atoms with Gasteiger partial charge in [-0.25, -0.2) is 8.78 Å². The molecular formula is C13H19ClF2N2. The van der Waals surface area contributed by atoms with Crippen LogP contribution in [0.3, 0.4) is 0 Å². The van der Waals surface area contributed by atoms with Crippen LogP contribution < -0.4 is 10.2 Å². The minimum absolute atomic E-state index is 0.291. The lowest BCUT2D eigenvalue weighted by molar-refractivity contribution is 0.156. The minimum atomic E-state index is -2.36. The highest BCUT2D eigenvalue weighted by Gasteiger charge is 2.14. The number of nitrogens with one attached hydrogen (secondary N) is 1. The summed E-state index contributed by atoms with van der Waals surface area (Å²) in [4.78, 5) is 1.54. The number of halogens is 3. The van der Waals surface area contributed by atoms with E-state index in [1.807, 2.05) is 6.07 Å². The first kappa shape index (κ1) is 15.2. The van der Waals surface area contributed by atoms with Crippen LogP contribution in [0.5, 0.6) is 0 Å². The molecule has 0 unspecified atom stereocenters. The van der Waals surface area contributed by atoms with Gasteiger partial charge in [-0.05, 0) is 25.1 Å². The van der Waals surface area contributed by atoms with Gasteiger partial charge in [0.05, 0.1) is 6.54 Å². The Labute approximate surface area is 112 Å². The number of alkyl halides is 2. The van der Waals surface area contributed by atoms with Crippen molar-refractivity contribution in [3.8, 4) is 0 Å². The lowest BCUT2D eigenvalue weighted by Gasteiger charge is -2.23. The van der Waals surface area contributed by atoms with Crippen LogP contribution in [0.25, 0.3) is 0 Å². The zero-order valence-electron chi connectivity index (χ0n) is 10.7. The van der Waals surface area contributed by atoms with Gasteiger partial charge < -0.3 is 10.2 Å². The molecule has 0 amide bonds. The molecule has 1 N–H and O–H groups in total. The van der Waals surface area contributed by atoms with Crippen molar-refractivity contribution < 1.29 is 8.78 Å². The second-order valence-corrected chi connectivity index (χ2v) is 4.59. The third-order valence-electron chi connectivity index (χ3n) is 2.65. The maximum absolute atomic E-state index is 12.4. The number of hydrogen-bond donors (Lipinski definition) is 1. The first-order valence-electron chi connectivity index (χ1n) is 6.03. The SMILES string of the molecule is CCCNCc1c(Cl)cccc1N(C)CC(F)F. The van der Waals surface area contributed by atoms with E-state index in [1.165, 1.54) is 0 Å². The van der Waals surface area contributed by atoms with Crippen LogP contribution in [0.1, 0.15) is 18.9 Å². The molecule has 0 aromatic heterocycles. The van der Waals surface area contributed by atoms with E-state index in [9.17, 15) is 8.78 Å². The molecule has 0 fully saturated rings. The van der Waals surface area contributed by atoms with Crippen molar-refractivity contribution in [2.24, 2.45) is 0 Å². The molecule has 0 bridgehead atoms. The van der Waals surface area contributed by atoms with Gasteiger partial charge in [0.25, 0.3) is 6.43 Å². The Morgan fingerprint density at radius 3 is 2.72 bits per heavy atom. The Morgan fingerprint density at radius 2 is 2.11 bits per heavy atom. The van der Waals surface area contributed by atoms with Crippen LogP contribution in [-0.2, 0) is 6.54 Å². The molecule has 0 heterocycles. The van der Waals surface area contributed by atoms with Crippen molar-refractivity contribution in [3.05, 3.63) is 28.8 Å². The van der Waals surface area contributed by atoms with E-state index in [0.717, 1.165) is 24.2 Å². The Kier molecular flexibility index (Phi) is 6.36. The third kappa shape index (κ3) is 4.42. The van der Waals surface area contributed by atoms with Gasteiger partial charge in [0, 0.05) is 29.9 Å². The molecule has 102 valence electrons. The molecule has 5 heteroatoms. The van der Waals surface area contributed by atoms with Crippen LogP contribution in [0.15, 0.2) is 18.2 Å². The molecule has 1 aromatic rings. The summed E-state index contributed by atoms with van der Waals surface area (Å²) in [5.41, 5.74) is 1.63. The number of hydrogen-bond acceptors (Lipinski definition) is 2.